The predicted molar refractivity (Wildman–Crippen MR) is 94.1 cm³/mol. The summed E-state index contributed by atoms with van der Waals surface area (Å²) in [5.74, 6) is 1.11. The van der Waals surface area contributed by atoms with Gasteiger partial charge < -0.3 is 10.4 Å². The van der Waals surface area contributed by atoms with Gasteiger partial charge in [0, 0.05) is 22.1 Å². The van der Waals surface area contributed by atoms with Crippen LogP contribution in [0.2, 0.25) is 5.02 Å². The summed E-state index contributed by atoms with van der Waals surface area (Å²) >= 11 is 7.50. The van der Waals surface area contributed by atoms with Gasteiger partial charge in [0.05, 0.1) is 6.04 Å². The van der Waals surface area contributed by atoms with E-state index < -0.39 is 0 Å². The minimum absolute atomic E-state index is 0.0186. The molecule has 0 saturated carbocycles. The molecule has 23 heavy (non-hydrogen) atoms. The molecule has 0 bridgehead atoms. The van der Waals surface area contributed by atoms with Crippen LogP contribution in [0.5, 0.6) is 5.75 Å². The lowest BCUT2D eigenvalue weighted by Crippen LogP contribution is -2.27. The average Bonchev–Trinajstić information content (AvgIpc) is 2.94. The Labute approximate surface area is 145 Å². The number of phenolic OH excluding ortho intramolecular Hbond substituents is 1. The maximum atomic E-state index is 12.1. The molecule has 3 nitrogen and oxygen atoms in total. The largest absolute Gasteiger partial charge is 0.508 e. The molecule has 0 fully saturated rings. The molecule has 2 aromatic rings. The molecule has 3 rings (SSSR count). The van der Waals surface area contributed by atoms with E-state index in [-0.39, 0.29) is 11.9 Å². The highest BCUT2D eigenvalue weighted by atomic mass is 35.5. The fraction of sp³-hybridized carbons (Fsp3) is 0.278. The summed E-state index contributed by atoms with van der Waals surface area (Å²) < 4.78 is 0. The number of amides is 1. The van der Waals surface area contributed by atoms with Crippen LogP contribution in [0.25, 0.3) is 0 Å². The highest BCUT2D eigenvalue weighted by Gasteiger charge is 2.25. The number of thioether (sulfide) groups is 1. The number of carbonyl (C=O) groups is 1. The van der Waals surface area contributed by atoms with Crippen LogP contribution in [0, 0.1) is 0 Å². The second-order valence-electron chi connectivity index (χ2n) is 5.56. The van der Waals surface area contributed by atoms with Crippen molar-refractivity contribution in [3.05, 3.63) is 58.6 Å². The first kappa shape index (κ1) is 16.2. The van der Waals surface area contributed by atoms with Gasteiger partial charge in [-0.3, -0.25) is 4.79 Å². The predicted octanol–water partition coefficient (Wildman–Crippen LogP) is 4.33. The molecule has 0 heterocycles. The lowest BCUT2D eigenvalue weighted by molar-refractivity contribution is -0.121. The maximum Gasteiger partial charge on any atom is 0.221 e. The van der Waals surface area contributed by atoms with E-state index in [1.807, 2.05) is 36.4 Å². The lowest BCUT2D eigenvalue weighted by atomic mass is 10.1. The molecule has 0 aliphatic heterocycles. The number of carbonyl (C=O) groups excluding carboxylic acids is 1. The van der Waals surface area contributed by atoms with Crippen molar-refractivity contribution in [3.63, 3.8) is 0 Å². The molecule has 0 spiro atoms. The Balaban J connectivity index is 1.49. The minimum atomic E-state index is 0.0186. The smallest absolute Gasteiger partial charge is 0.221 e. The first-order valence-electron chi connectivity index (χ1n) is 7.62. The molecule has 1 unspecified atom stereocenters. The molecule has 2 aromatic carbocycles. The van der Waals surface area contributed by atoms with E-state index in [1.165, 1.54) is 0 Å². The normalized spacial score (nSPS) is 16.1. The van der Waals surface area contributed by atoms with Gasteiger partial charge in [-0.15, -0.1) is 11.8 Å². The molecule has 1 amide bonds. The molecule has 1 aliphatic rings. The number of nitrogens with one attached hydrogen (secondary N) is 1. The number of benzene rings is 2. The summed E-state index contributed by atoms with van der Waals surface area (Å²) in [5.41, 5.74) is 2.01. The second kappa shape index (κ2) is 7.28. The van der Waals surface area contributed by atoms with Crippen LogP contribution in [-0.4, -0.2) is 16.8 Å². The van der Waals surface area contributed by atoms with Gasteiger partial charge in [-0.2, -0.15) is 0 Å². The van der Waals surface area contributed by atoms with Gasteiger partial charge in [0.25, 0.3) is 0 Å². The zero-order valence-electron chi connectivity index (χ0n) is 12.6. The molecule has 1 aliphatic carbocycles. The first-order chi connectivity index (χ1) is 11.1. The molecule has 2 N–H and O–H groups in total. The Morgan fingerprint density at radius 3 is 2.83 bits per heavy atom. The Kier molecular flexibility index (Phi) is 5.13. The first-order valence-corrected chi connectivity index (χ1v) is 8.98. The standard InChI is InChI=1S/C18H18ClNO2S/c19-12-4-6-13(7-5-12)23-11-10-18(22)20-16-9-8-15-14(16)2-1-3-17(15)21/h1-7,16,21H,8-11H2,(H,20,22). The summed E-state index contributed by atoms with van der Waals surface area (Å²) in [6.07, 6.45) is 2.13. The SMILES string of the molecule is O=C(CCSc1ccc(Cl)cc1)NC1CCc2c(O)cccc21. The van der Waals surface area contributed by atoms with Crippen LogP contribution in [-0.2, 0) is 11.2 Å². The van der Waals surface area contributed by atoms with Gasteiger partial charge in [-0.25, -0.2) is 0 Å². The fourth-order valence-electron chi connectivity index (χ4n) is 2.84. The minimum Gasteiger partial charge on any atom is -0.508 e. The van der Waals surface area contributed by atoms with Gasteiger partial charge >= 0.3 is 0 Å². The van der Waals surface area contributed by atoms with Crippen LogP contribution in [0.15, 0.2) is 47.4 Å². The summed E-state index contributed by atoms with van der Waals surface area (Å²) in [6, 6.07) is 13.2. The average molecular weight is 348 g/mol. The van der Waals surface area contributed by atoms with Crippen molar-refractivity contribution in [3.8, 4) is 5.75 Å². The third-order valence-corrected chi connectivity index (χ3v) is 5.26. The van der Waals surface area contributed by atoms with Crippen LogP contribution >= 0.6 is 23.4 Å². The molecular formula is C18H18ClNO2S. The number of hydrogen-bond acceptors (Lipinski definition) is 3. The Morgan fingerprint density at radius 2 is 2.04 bits per heavy atom. The maximum absolute atomic E-state index is 12.1. The van der Waals surface area contributed by atoms with Gasteiger partial charge in [0.2, 0.25) is 5.91 Å². The zero-order valence-corrected chi connectivity index (χ0v) is 14.2. The monoisotopic (exact) mass is 347 g/mol. The Hall–Kier alpha value is -1.65. The third kappa shape index (κ3) is 4.01. The summed E-state index contributed by atoms with van der Waals surface area (Å²) in [4.78, 5) is 13.2. The third-order valence-electron chi connectivity index (χ3n) is 3.99. The van der Waals surface area contributed by atoms with E-state index >= 15 is 0 Å². The molecular weight excluding hydrogens is 330 g/mol. The molecule has 0 aromatic heterocycles. The van der Waals surface area contributed by atoms with Gasteiger partial charge in [0.1, 0.15) is 5.75 Å². The lowest BCUT2D eigenvalue weighted by Gasteiger charge is -2.14. The second-order valence-corrected chi connectivity index (χ2v) is 7.16. The number of hydrogen-bond donors (Lipinski definition) is 2. The van der Waals surface area contributed by atoms with Crippen molar-refractivity contribution in [2.45, 2.75) is 30.2 Å². The van der Waals surface area contributed by atoms with Gasteiger partial charge in [-0.05, 0) is 54.3 Å². The van der Waals surface area contributed by atoms with E-state index in [0.717, 1.165) is 39.6 Å². The van der Waals surface area contributed by atoms with E-state index in [1.54, 1.807) is 17.8 Å². The van der Waals surface area contributed by atoms with Crippen LogP contribution in [0.4, 0.5) is 0 Å². The highest BCUT2D eigenvalue weighted by Crippen LogP contribution is 2.36. The van der Waals surface area contributed by atoms with E-state index in [9.17, 15) is 9.90 Å². The summed E-state index contributed by atoms with van der Waals surface area (Å²) in [6.45, 7) is 0. The quantitative estimate of drug-likeness (QED) is 0.791. The van der Waals surface area contributed by atoms with E-state index in [2.05, 4.69) is 5.32 Å². The van der Waals surface area contributed by atoms with Crippen LogP contribution in [0.3, 0.4) is 0 Å². The molecule has 0 saturated heterocycles. The zero-order chi connectivity index (χ0) is 16.2. The van der Waals surface area contributed by atoms with Gasteiger partial charge in [0.15, 0.2) is 0 Å². The number of phenols is 1. The topological polar surface area (TPSA) is 49.3 Å². The Morgan fingerprint density at radius 1 is 1.26 bits per heavy atom. The molecule has 120 valence electrons. The highest BCUT2D eigenvalue weighted by molar-refractivity contribution is 7.99. The molecule has 0 radical (unpaired) electrons. The van der Waals surface area contributed by atoms with Crippen molar-refractivity contribution in [1.82, 2.24) is 5.32 Å². The number of fused-ring (bicyclic) bond motifs is 1. The van der Waals surface area contributed by atoms with Crippen molar-refractivity contribution in [2.24, 2.45) is 0 Å². The summed E-state index contributed by atoms with van der Waals surface area (Å²) in [5, 5.41) is 13.6. The number of rotatable bonds is 5. The van der Waals surface area contributed by atoms with E-state index in [4.69, 9.17) is 11.6 Å². The van der Waals surface area contributed by atoms with E-state index in [0.29, 0.717) is 12.2 Å². The molecule has 1 atom stereocenters. The number of aromatic hydroxyl groups is 1. The van der Waals surface area contributed by atoms with Gasteiger partial charge in [-0.1, -0.05) is 23.7 Å². The van der Waals surface area contributed by atoms with Crippen LogP contribution in [0.1, 0.15) is 30.0 Å². The fourth-order valence-corrected chi connectivity index (χ4v) is 3.82. The number of halogens is 1. The summed E-state index contributed by atoms with van der Waals surface area (Å²) in [7, 11) is 0. The molecule has 5 heteroatoms. The Bertz CT molecular complexity index is 703. The van der Waals surface area contributed by atoms with Crippen molar-refractivity contribution >= 4 is 29.3 Å². The van der Waals surface area contributed by atoms with Crippen molar-refractivity contribution < 1.29 is 9.90 Å². The van der Waals surface area contributed by atoms with Crippen molar-refractivity contribution in [2.75, 3.05) is 5.75 Å². The van der Waals surface area contributed by atoms with Crippen molar-refractivity contribution in [1.29, 1.82) is 0 Å². The van der Waals surface area contributed by atoms with Crippen LogP contribution < -0.4 is 5.32 Å².